The van der Waals surface area contributed by atoms with Gasteiger partial charge in [-0.15, -0.1) is 0 Å². The molecule has 2 saturated heterocycles. The zero-order chi connectivity index (χ0) is 31.1. The van der Waals surface area contributed by atoms with Crippen LogP contribution < -0.4 is 9.47 Å². The highest BCUT2D eigenvalue weighted by molar-refractivity contribution is 5.72. The Bertz CT molecular complexity index is 1220. The standard InChI is InChI=1S/C40H54O4/c1-27(19-37-25-41-37)7-9-29(3)23-43-39-17-15-35(21-31(39)5)33-11-13-34(14-12-33)36-16-18-40(32(6)22-36)44-24-30(4)10-8-28(2)20-38-26-42-38/h11-18,21-22,27-30,37-38H,7-10,19-20,23-26H2,1-6H3. The van der Waals surface area contributed by atoms with E-state index in [-0.39, 0.29) is 0 Å². The highest BCUT2D eigenvalue weighted by Crippen LogP contribution is 2.32. The van der Waals surface area contributed by atoms with Gasteiger partial charge in [0.15, 0.2) is 0 Å². The van der Waals surface area contributed by atoms with Gasteiger partial charge in [0.2, 0.25) is 0 Å². The van der Waals surface area contributed by atoms with E-state index in [2.05, 4.69) is 102 Å². The minimum atomic E-state index is 0.528. The summed E-state index contributed by atoms with van der Waals surface area (Å²) in [5.74, 6) is 4.52. The summed E-state index contributed by atoms with van der Waals surface area (Å²) in [6, 6.07) is 22.0. The van der Waals surface area contributed by atoms with E-state index in [9.17, 15) is 0 Å². The molecule has 2 aliphatic rings. The monoisotopic (exact) mass is 598 g/mol. The van der Waals surface area contributed by atoms with E-state index in [0.29, 0.717) is 24.0 Å². The fourth-order valence-electron chi connectivity index (χ4n) is 6.15. The number of hydrogen-bond acceptors (Lipinski definition) is 4. The molecule has 0 spiro atoms. The van der Waals surface area contributed by atoms with Crippen molar-refractivity contribution in [3.05, 3.63) is 71.8 Å². The van der Waals surface area contributed by atoms with E-state index in [4.69, 9.17) is 18.9 Å². The second-order valence-electron chi connectivity index (χ2n) is 14.1. The fraction of sp³-hybridized carbons (Fsp3) is 0.550. The third-order valence-corrected chi connectivity index (χ3v) is 9.39. The van der Waals surface area contributed by atoms with Gasteiger partial charge < -0.3 is 18.9 Å². The molecule has 2 heterocycles. The number of rotatable bonds is 18. The molecular weight excluding hydrogens is 544 g/mol. The third-order valence-electron chi connectivity index (χ3n) is 9.39. The topological polar surface area (TPSA) is 43.5 Å². The van der Waals surface area contributed by atoms with Gasteiger partial charge in [-0.3, -0.25) is 0 Å². The number of epoxide rings is 2. The molecule has 3 aromatic carbocycles. The summed E-state index contributed by atoms with van der Waals surface area (Å²) in [6.45, 7) is 17.0. The molecule has 6 unspecified atom stereocenters. The van der Waals surface area contributed by atoms with Gasteiger partial charge in [-0.1, -0.05) is 76.9 Å². The minimum Gasteiger partial charge on any atom is -0.493 e. The summed E-state index contributed by atoms with van der Waals surface area (Å²) in [6.07, 6.45) is 8.34. The smallest absolute Gasteiger partial charge is 0.122 e. The molecule has 0 N–H and O–H groups in total. The van der Waals surface area contributed by atoms with E-state index in [1.807, 2.05) is 0 Å². The van der Waals surface area contributed by atoms with E-state index in [0.717, 1.165) is 49.8 Å². The number of hydrogen-bond donors (Lipinski definition) is 0. The van der Waals surface area contributed by atoms with Crippen LogP contribution in [0.4, 0.5) is 0 Å². The maximum atomic E-state index is 6.24. The van der Waals surface area contributed by atoms with Crippen molar-refractivity contribution >= 4 is 0 Å². The highest BCUT2D eigenvalue weighted by atomic mass is 16.6. The average Bonchev–Trinajstić information content (AvgIpc) is 3.96. The Morgan fingerprint density at radius 1 is 0.545 bits per heavy atom. The number of ether oxygens (including phenoxy) is 4. The van der Waals surface area contributed by atoms with Crippen LogP contribution in [-0.2, 0) is 9.47 Å². The number of aryl methyl sites for hydroxylation is 2. The van der Waals surface area contributed by atoms with E-state index >= 15 is 0 Å². The molecule has 0 saturated carbocycles. The highest BCUT2D eigenvalue weighted by Gasteiger charge is 2.25. The average molecular weight is 599 g/mol. The molecule has 238 valence electrons. The molecule has 44 heavy (non-hydrogen) atoms. The Labute approximate surface area is 266 Å². The van der Waals surface area contributed by atoms with Gasteiger partial charge in [0.1, 0.15) is 11.5 Å². The van der Waals surface area contributed by atoms with Crippen LogP contribution in [0.2, 0.25) is 0 Å². The first-order chi connectivity index (χ1) is 21.2. The maximum Gasteiger partial charge on any atom is 0.122 e. The van der Waals surface area contributed by atoms with Crippen molar-refractivity contribution in [2.24, 2.45) is 23.7 Å². The third kappa shape index (κ3) is 10.1. The summed E-state index contributed by atoms with van der Waals surface area (Å²) in [5.41, 5.74) is 7.23. The molecule has 4 nitrogen and oxygen atoms in total. The van der Waals surface area contributed by atoms with Crippen LogP contribution >= 0.6 is 0 Å². The van der Waals surface area contributed by atoms with Gasteiger partial charge in [0, 0.05) is 0 Å². The van der Waals surface area contributed by atoms with E-state index < -0.39 is 0 Å². The van der Waals surface area contributed by atoms with Crippen molar-refractivity contribution in [1.29, 1.82) is 0 Å². The Morgan fingerprint density at radius 2 is 0.886 bits per heavy atom. The van der Waals surface area contributed by atoms with Crippen LogP contribution in [-0.4, -0.2) is 38.6 Å². The molecule has 4 heteroatoms. The molecular formula is C40H54O4. The van der Waals surface area contributed by atoms with Crippen LogP contribution in [0.3, 0.4) is 0 Å². The quantitative estimate of drug-likeness (QED) is 0.137. The predicted octanol–water partition coefficient (Wildman–Crippen LogP) is 10.1. The van der Waals surface area contributed by atoms with Crippen molar-refractivity contribution < 1.29 is 18.9 Å². The molecule has 5 rings (SSSR count). The maximum absolute atomic E-state index is 6.24. The van der Waals surface area contributed by atoms with Crippen LogP contribution in [0.1, 0.15) is 77.3 Å². The second-order valence-corrected chi connectivity index (χ2v) is 14.1. The van der Waals surface area contributed by atoms with Crippen LogP contribution in [0.15, 0.2) is 60.7 Å². The lowest BCUT2D eigenvalue weighted by Gasteiger charge is -2.17. The van der Waals surface area contributed by atoms with Crippen LogP contribution in [0.25, 0.3) is 22.3 Å². The van der Waals surface area contributed by atoms with Crippen molar-refractivity contribution in [2.45, 2.75) is 92.3 Å². The molecule has 0 aliphatic carbocycles. The molecule has 2 fully saturated rings. The summed E-state index contributed by atoms with van der Waals surface area (Å²) in [5, 5.41) is 0. The van der Waals surface area contributed by atoms with Crippen molar-refractivity contribution in [1.82, 2.24) is 0 Å². The van der Waals surface area contributed by atoms with Crippen molar-refractivity contribution in [2.75, 3.05) is 26.4 Å². The SMILES string of the molecule is Cc1cc(-c2ccc(-c3ccc(OCC(C)CCC(C)CC4CO4)c(C)c3)cc2)ccc1OCC(C)CCC(C)CC1CO1. The van der Waals surface area contributed by atoms with Gasteiger partial charge in [0.05, 0.1) is 38.6 Å². The van der Waals surface area contributed by atoms with Crippen molar-refractivity contribution in [3.8, 4) is 33.8 Å². The zero-order valence-electron chi connectivity index (χ0n) is 27.9. The molecule has 0 amide bonds. The molecule has 3 aromatic rings. The van der Waals surface area contributed by atoms with Gasteiger partial charge in [-0.2, -0.15) is 0 Å². The first-order valence-corrected chi connectivity index (χ1v) is 17.0. The van der Waals surface area contributed by atoms with Gasteiger partial charge in [-0.25, -0.2) is 0 Å². The molecule has 0 bridgehead atoms. The lowest BCUT2D eigenvalue weighted by Crippen LogP contribution is -2.11. The van der Waals surface area contributed by atoms with Gasteiger partial charge in [-0.05, 0) is 121 Å². The van der Waals surface area contributed by atoms with Crippen molar-refractivity contribution in [3.63, 3.8) is 0 Å². The summed E-state index contributed by atoms with van der Waals surface area (Å²) < 4.78 is 23.2. The summed E-state index contributed by atoms with van der Waals surface area (Å²) in [4.78, 5) is 0. The number of benzene rings is 3. The van der Waals surface area contributed by atoms with Gasteiger partial charge in [0.25, 0.3) is 0 Å². The molecule has 6 atom stereocenters. The predicted molar refractivity (Wildman–Crippen MR) is 182 cm³/mol. The normalized spacial score (nSPS) is 20.0. The first-order valence-electron chi connectivity index (χ1n) is 17.0. The van der Waals surface area contributed by atoms with E-state index in [1.165, 1.54) is 71.9 Å². The zero-order valence-corrected chi connectivity index (χ0v) is 27.9. The summed E-state index contributed by atoms with van der Waals surface area (Å²) in [7, 11) is 0. The van der Waals surface area contributed by atoms with Gasteiger partial charge >= 0.3 is 0 Å². The Hall–Kier alpha value is -2.82. The Balaban J connectivity index is 1.09. The lowest BCUT2D eigenvalue weighted by molar-refractivity contribution is 0.239. The minimum absolute atomic E-state index is 0.528. The molecule has 0 radical (unpaired) electrons. The fourth-order valence-corrected chi connectivity index (χ4v) is 6.15. The Kier molecular flexibility index (Phi) is 11.4. The summed E-state index contributed by atoms with van der Waals surface area (Å²) >= 11 is 0. The first kappa shape index (κ1) is 32.6. The largest absolute Gasteiger partial charge is 0.493 e. The van der Waals surface area contributed by atoms with Crippen LogP contribution in [0, 0.1) is 37.5 Å². The van der Waals surface area contributed by atoms with Crippen LogP contribution in [0.5, 0.6) is 11.5 Å². The second kappa shape index (κ2) is 15.5. The molecule has 0 aromatic heterocycles. The lowest BCUT2D eigenvalue weighted by atomic mass is 9.95. The molecule has 2 aliphatic heterocycles. The van der Waals surface area contributed by atoms with E-state index in [1.54, 1.807) is 0 Å². The Morgan fingerprint density at radius 3 is 1.23 bits per heavy atom.